The molecule has 3 rings (SSSR count). The first-order valence-corrected chi connectivity index (χ1v) is 14.1. The van der Waals surface area contributed by atoms with Crippen LogP contribution in [0.5, 0.6) is 0 Å². The molecule has 0 saturated carbocycles. The van der Waals surface area contributed by atoms with Gasteiger partial charge in [0.15, 0.2) is 0 Å². The Morgan fingerprint density at radius 3 is 2.56 bits per heavy atom. The number of carbonyl (C=O) groups is 2. The third-order valence-electron chi connectivity index (χ3n) is 7.05. The number of sulfonamides is 1. The Labute approximate surface area is 214 Å². The molecule has 1 aliphatic rings. The monoisotopic (exact) mass is 517 g/mol. The average Bonchev–Trinajstić information content (AvgIpc) is 3.07. The van der Waals surface area contributed by atoms with E-state index in [2.05, 4.69) is 17.3 Å². The van der Waals surface area contributed by atoms with Gasteiger partial charge in [0.1, 0.15) is 0 Å². The Kier molecular flexibility index (Phi) is 9.67. The molecule has 2 amide bonds. The largest absolute Gasteiger partial charge is 0.356 e. The second-order valence-electron chi connectivity index (χ2n) is 9.58. The molecule has 36 heavy (non-hydrogen) atoms. The van der Waals surface area contributed by atoms with E-state index in [1.807, 2.05) is 25.7 Å². The number of rotatable bonds is 7. The van der Waals surface area contributed by atoms with E-state index < -0.39 is 10.0 Å². The molecule has 10 heteroatoms. The van der Waals surface area contributed by atoms with Crippen LogP contribution in [0.2, 0.25) is 0 Å². The number of nitrogens with zero attached hydrogens (tertiary/aromatic N) is 4. The molecular weight excluding hydrogens is 478 g/mol. The highest BCUT2D eigenvalue weighted by Crippen LogP contribution is 2.21. The van der Waals surface area contributed by atoms with Crippen LogP contribution in [0.1, 0.15) is 49.1 Å². The highest BCUT2D eigenvalue weighted by molar-refractivity contribution is 7.89. The fraction of sp³-hybridized carbons (Fsp3) is 0.577. The summed E-state index contributed by atoms with van der Waals surface area (Å²) in [5.41, 5.74) is 3.41. The van der Waals surface area contributed by atoms with Gasteiger partial charge in [-0.2, -0.15) is 9.40 Å². The Balaban J connectivity index is 1.62. The van der Waals surface area contributed by atoms with Crippen molar-refractivity contribution < 1.29 is 18.0 Å². The van der Waals surface area contributed by atoms with Gasteiger partial charge in [0.2, 0.25) is 21.8 Å². The molecule has 198 valence electrons. The summed E-state index contributed by atoms with van der Waals surface area (Å²) in [7, 11) is 0.0475. The lowest BCUT2D eigenvalue weighted by atomic mass is 9.97. The molecule has 0 radical (unpaired) electrons. The number of amides is 2. The highest BCUT2D eigenvalue weighted by atomic mass is 32.2. The zero-order chi connectivity index (χ0) is 26.3. The summed E-state index contributed by atoms with van der Waals surface area (Å²) < 4.78 is 29.6. The Bertz CT molecular complexity index is 1150. The molecule has 2 aromatic rings. The van der Waals surface area contributed by atoms with Gasteiger partial charge in [-0.05, 0) is 63.6 Å². The van der Waals surface area contributed by atoms with Crippen LogP contribution in [0.15, 0.2) is 35.2 Å². The van der Waals surface area contributed by atoms with Gasteiger partial charge in [0.25, 0.3) is 0 Å². The molecular formula is C26H39N5O4S. The molecule has 0 spiro atoms. The van der Waals surface area contributed by atoms with Gasteiger partial charge < -0.3 is 10.2 Å². The van der Waals surface area contributed by atoms with E-state index in [0.717, 1.165) is 24.2 Å². The van der Waals surface area contributed by atoms with Crippen LogP contribution < -0.4 is 5.32 Å². The van der Waals surface area contributed by atoms with Crippen LogP contribution in [0.25, 0.3) is 0 Å². The smallest absolute Gasteiger partial charge is 0.243 e. The van der Waals surface area contributed by atoms with E-state index in [0.29, 0.717) is 32.4 Å². The molecule has 9 nitrogen and oxygen atoms in total. The van der Waals surface area contributed by atoms with Crippen molar-refractivity contribution in [1.29, 1.82) is 0 Å². The van der Waals surface area contributed by atoms with Gasteiger partial charge in [-0.1, -0.05) is 18.2 Å². The van der Waals surface area contributed by atoms with E-state index in [1.54, 1.807) is 35.2 Å². The van der Waals surface area contributed by atoms with E-state index in [9.17, 15) is 18.0 Å². The Morgan fingerprint density at radius 2 is 1.89 bits per heavy atom. The predicted octanol–water partition coefficient (Wildman–Crippen LogP) is 2.43. The van der Waals surface area contributed by atoms with Crippen molar-refractivity contribution in [2.45, 2.75) is 57.3 Å². The molecule has 1 saturated heterocycles. The van der Waals surface area contributed by atoms with Gasteiger partial charge in [-0.3, -0.25) is 14.3 Å². The van der Waals surface area contributed by atoms with Crippen molar-refractivity contribution in [1.82, 2.24) is 24.3 Å². The van der Waals surface area contributed by atoms with Crippen LogP contribution in [0, 0.1) is 19.8 Å². The Morgan fingerprint density at radius 1 is 1.17 bits per heavy atom. The molecule has 0 bridgehead atoms. The lowest BCUT2D eigenvalue weighted by Crippen LogP contribution is -2.36. The molecule has 1 unspecified atom stereocenters. The third kappa shape index (κ3) is 6.94. The molecule has 1 atom stereocenters. The topological polar surface area (TPSA) is 105 Å². The average molecular weight is 518 g/mol. The maximum absolute atomic E-state index is 13.3. The minimum atomic E-state index is -3.71. The highest BCUT2D eigenvalue weighted by Gasteiger charge is 2.28. The molecule has 1 aliphatic heterocycles. The number of nitrogens with one attached hydrogen (secondary N) is 1. The lowest BCUT2D eigenvalue weighted by Gasteiger charge is -2.25. The van der Waals surface area contributed by atoms with Crippen molar-refractivity contribution in [2.24, 2.45) is 13.0 Å². The number of hydrogen-bond donors (Lipinski definition) is 1. The van der Waals surface area contributed by atoms with Crippen LogP contribution >= 0.6 is 0 Å². The standard InChI is InChI=1S/C26H39N5O4S/c1-20-24(21(2)30(4)28-20)13-9-17-29(3)26(33)22-10-8-18-31(19-15-25(32)27-16-14-22)36(34,35)23-11-6-5-7-12-23/h5-7,11-12,22H,8-10,13-19H2,1-4H3,(H,27,32). The van der Waals surface area contributed by atoms with Gasteiger partial charge in [-0.15, -0.1) is 0 Å². The van der Waals surface area contributed by atoms with Crippen molar-refractivity contribution >= 4 is 21.8 Å². The summed E-state index contributed by atoms with van der Waals surface area (Å²) in [5.74, 6) is -0.427. The first kappa shape index (κ1) is 27.9. The molecule has 0 aliphatic carbocycles. The fourth-order valence-corrected chi connectivity index (χ4v) is 6.29. The maximum Gasteiger partial charge on any atom is 0.243 e. The lowest BCUT2D eigenvalue weighted by molar-refractivity contribution is -0.135. The minimum Gasteiger partial charge on any atom is -0.356 e. The Hall–Kier alpha value is -2.72. The van der Waals surface area contributed by atoms with E-state index >= 15 is 0 Å². The summed E-state index contributed by atoms with van der Waals surface area (Å²) in [4.78, 5) is 27.6. The maximum atomic E-state index is 13.3. The van der Waals surface area contributed by atoms with Crippen LogP contribution in [0.3, 0.4) is 0 Å². The van der Waals surface area contributed by atoms with Gasteiger partial charge in [-0.25, -0.2) is 8.42 Å². The zero-order valence-corrected chi connectivity index (χ0v) is 22.7. The second kappa shape index (κ2) is 12.5. The predicted molar refractivity (Wildman–Crippen MR) is 139 cm³/mol. The minimum absolute atomic E-state index is 0.0422. The number of hydrogen-bond acceptors (Lipinski definition) is 5. The van der Waals surface area contributed by atoms with Crippen LogP contribution in [-0.4, -0.2) is 72.4 Å². The molecule has 1 aromatic heterocycles. The van der Waals surface area contributed by atoms with Crippen molar-refractivity contribution in [2.75, 3.05) is 33.2 Å². The SMILES string of the molecule is Cc1nn(C)c(C)c1CCCN(C)C(=O)C1CCCN(S(=O)(=O)c2ccccc2)CCC(=O)NCC1. The number of aromatic nitrogens is 2. The zero-order valence-electron chi connectivity index (χ0n) is 21.9. The van der Waals surface area contributed by atoms with Gasteiger partial charge in [0.05, 0.1) is 10.6 Å². The molecule has 1 fully saturated rings. The number of carbonyl (C=O) groups excluding carboxylic acids is 2. The summed E-state index contributed by atoms with van der Waals surface area (Å²) >= 11 is 0. The van der Waals surface area contributed by atoms with Crippen LogP contribution in [-0.2, 0) is 33.1 Å². The summed E-state index contributed by atoms with van der Waals surface area (Å²) in [6, 6.07) is 8.28. The van der Waals surface area contributed by atoms with Crippen molar-refractivity contribution in [3.63, 3.8) is 0 Å². The number of aryl methyl sites for hydroxylation is 2. The van der Waals surface area contributed by atoms with E-state index in [-0.39, 0.29) is 42.1 Å². The summed E-state index contributed by atoms with van der Waals surface area (Å²) in [6.07, 6.45) is 3.45. The first-order valence-electron chi connectivity index (χ1n) is 12.7. The number of benzene rings is 1. The van der Waals surface area contributed by atoms with Gasteiger partial charge >= 0.3 is 0 Å². The second-order valence-corrected chi connectivity index (χ2v) is 11.5. The van der Waals surface area contributed by atoms with Gasteiger partial charge in [0, 0.05) is 58.3 Å². The molecule has 1 aromatic carbocycles. The van der Waals surface area contributed by atoms with Crippen LogP contribution in [0.4, 0.5) is 0 Å². The summed E-state index contributed by atoms with van der Waals surface area (Å²) in [6.45, 7) is 5.50. The molecule has 1 N–H and O–H groups in total. The first-order chi connectivity index (χ1) is 17.1. The summed E-state index contributed by atoms with van der Waals surface area (Å²) in [5, 5.41) is 7.32. The van der Waals surface area contributed by atoms with Crippen molar-refractivity contribution in [3.05, 3.63) is 47.3 Å². The quantitative estimate of drug-likeness (QED) is 0.607. The van der Waals surface area contributed by atoms with Crippen molar-refractivity contribution in [3.8, 4) is 0 Å². The fourth-order valence-electron chi connectivity index (χ4n) is 4.79. The van der Waals surface area contributed by atoms with E-state index in [4.69, 9.17) is 0 Å². The molecule has 2 heterocycles. The normalized spacial score (nSPS) is 18.3. The van der Waals surface area contributed by atoms with E-state index in [1.165, 1.54) is 9.87 Å². The third-order valence-corrected chi connectivity index (χ3v) is 8.96.